The average Bonchev–Trinajstić information content (AvgIpc) is 3.29. The Hall–Kier alpha value is -1.49. The molecule has 1 aliphatic rings. The zero-order chi connectivity index (χ0) is 23.4. The summed E-state index contributed by atoms with van der Waals surface area (Å²) < 4.78 is 60.8. The third-order valence-corrected chi connectivity index (χ3v) is 9.65. The number of nitrogens with zero attached hydrogens (tertiary/aromatic N) is 2. The van der Waals surface area contributed by atoms with Gasteiger partial charge in [0, 0.05) is 37.8 Å². The molecule has 2 aromatic rings. The first kappa shape index (κ1) is 25.1. The van der Waals surface area contributed by atoms with Crippen LogP contribution in [0.5, 0.6) is 0 Å². The van der Waals surface area contributed by atoms with E-state index in [1.807, 2.05) is 0 Å². The lowest BCUT2D eigenvalue weighted by molar-refractivity contribution is 0.0926. The second-order valence-corrected chi connectivity index (χ2v) is 11.9. The van der Waals surface area contributed by atoms with Crippen LogP contribution < -0.4 is 0 Å². The smallest absolute Gasteiger partial charge is 0.243 e. The Labute approximate surface area is 196 Å². The van der Waals surface area contributed by atoms with E-state index >= 15 is 0 Å². The van der Waals surface area contributed by atoms with Gasteiger partial charge in [-0.1, -0.05) is 37.6 Å². The largest absolute Gasteiger partial charge is 0.377 e. The van der Waals surface area contributed by atoms with Gasteiger partial charge in [0.05, 0.1) is 15.9 Å². The molecule has 1 heterocycles. The number of hydrogen-bond donors (Lipinski definition) is 0. The second-order valence-electron chi connectivity index (χ2n) is 7.62. The lowest BCUT2D eigenvalue weighted by Gasteiger charge is -2.25. The third-order valence-electron chi connectivity index (χ3n) is 5.51. The second kappa shape index (κ2) is 10.6. The van der Waals surface area contributed by atoms with Crippen LogP contribution in [0.25, 0.3) is 0 Å². The number of sulfonamides is 2. The Morgan fingerprint density at radius 1 is 0.875 bits per heavy atom. The van der Waals surface area contributed by atoms with Crippen molar-refractivity contribution in [3.8, 4) is 0 Å². The van der Waals surface area contributed by atoms with Gasteiger partial charge in [-0.15, -0.1) is 0 Å². The predicted octanol–water partition coefficient (Wildman–Crippen LogP) is 3.74. The van der Waals surface area contributed by atoms with Gasteiger partial charge in [-0.2, -0.15) is 8.61 Å². The molecule has 1 saturated heterocycles. The summed E-state index contributed by atoms with van der Waals surface area (Å²) in [5.74, 6) is 0. The normalized spacial score (nSPS) is 17.3. The summed E-state index contributed by atoms with van der Waals surface area (Å²) in [6.07, 6.45) is 1.53. The van der Waals surface area contributed by atoms with Crippen LogP contribution >= 0.6 is 11.6 Å². The minimum absolute atomic E-state index is 0.0444. The van der Waals surface area contributed by atoms with Gasteiger partial charge >= 0.3 is 0 Å². The van der Waals surface area contributed by atoms with Gasteiger partial charge in [0.1, 0.15) is 0 Å². The maximum absolute atomic E-state index is 13.5. The van der Waals surface area contributed by atoms with Crippen molar-refractivity contribution in [1.29, 1.82) is 0 Å². The number of halogens is 1. The Bertz CT molecular complexity index is 1090. The Morgan fingerprint density at radius 2 is 1.41 bits per heavy atom. The molecule has 0 aliphatic carbocycles. The Morgan fingerprint density at radius 3 is 1.88 bits per heavy atom. The molecule has 7 nitrogen and oxygen atoms in total. The van der Waals surface area contributed by atoms with Crippen molar-refractivity contribution in [2.24, 2.45) is 0 Å². The Kier molecular flexibility index (Phi) is 8.35. The van der Waals surface area contributed by atoms with E-state index in [4.69, 9.17) is 16.3 Å². The van der Waals surface area contributed by atoms with Crippen molar-refractivity contribution in [1.82, 2.24) is 8.61 Å². The molecule has 1 atom stereocenters. The summed E-state index contributed by atoms with van der Waals surface area (Å²) in [5, 5.41) is 0.576. The van der Waals surface area contributed by atoms with Crippen LogP contribution in [0, 0.1) is 0 Å². The molecule has 3 rings (SSSR count). The van der Waals surface area contributed by atoms with Crippen LogP contribution in [0.2, 0.25) is 5.02 Å². The molecule has 0 radical (unpaired) electrons. The van der Waals surface area contributed by atoms with Gasteiger partial charge in [0.15, 0.2) is 0 Å². The van der Waals surface area contributed by atoms with Crippen LogP contribution in [0.4, 0.5) is 0 Å². The fourth-order valence-corrected chi connectivity index (χ4v) is 6.75. The van der Waals surface area contributed by atoms with E-state index < -0.39 is 20.0 Å². The van der Waals surface area contributed by atoms with Crippen molar-refractivity contribution >= 4 is 31.6 Å². The molecule has 0 saturated carbocycles. The van der Waals surface area contributed by atoms with Gasteiger partial charge in [-0.25, -0.2) is 16.8 Å². The molecule has 10 heteroatoms. The first-order chi connectivity index (χ1) is 15.2. The molecular weight excluding hydrogens is 472 g/mol. The summed E-state index contributed by atoms with van der Waals surface area (Å²) >= 11 is 5.96. The zero-order valence-electron chi connectivity index (χ0n) is 18.3. The molecule has 1 fully saturated rings. The van der Waals surface area contributed by atoms with E-state index in [2.05, 4.69) is 0 Å². The van der Waals surface area contributed by atoms with Gasteiger partial charge in [-0.3, -0.25) is 0 Å². The highest BCUT2D eigenvalue weighted by Crippen LogP contribution is 2.25. The maximum atomic E-state index is 13.5. The van der Waals surface area contributed by atoms with Gasteiger partial charge in [-0.05, 0) is 54.8 Å². The molecule has 0 bridgehead atoms. The van der Waals surface area contributed by atoms with Crippen LogP contribution in [0.3, 0.4) is 0 Å². The minimum Gasteiger partial charge on any atom is -0.377 e. The SMILES string of the molecule is CCN(CC)S(=O)(=O)c1ccc(S(=O)(=O)N(Cc2ccc(Cl)cc2)C[C@H]2CCCO2)cc1. The van der Waals surface area contributed by atoms with Gasteiger partial charge in [0.25, 0.3) is 0 Å². The first-order valence-corrected chi connectivity index (χ1v) is 13.9. The third kappa shape index (κ3) is 5.70. The van der Waals surface area contributed by atoms with E-state index in [1.165, 1.54) is 32.9 Å². The molecule has 0 spiro atoms. The van der Waals surface area contributed by atoms with Crippen molar-refractivity contribution in [3.63, 3.8) is 0 Å². The lowest BCUT2D eigenvalue weighted by Crippen LogP contribution is -2.37. The van der Waals surface area contributed by atoms with Crippen LogP contribution in [-0.2, 0) is 31.3 Å². The number of benzene rings is 2. The molecule has 176 valence electrons. The minimum atomic E-state index is -3.88. The fraction of sp³-hybridized carbons (Fsp3) is 0.455. The highest BCUT2D eigenvalue weighted by atomic mass is 35.5. The van der Waals surface area contributed by atoms with Gasteiger partial charge < -0.3 is 4.74 Å². The summed E-state index contributed by atoms with van der Waals surface area (Å²) in [7, 11) is -7.54. The standard InChI is InChI=1S/C22H29ClN2O5S2/c1-3-24(4-2)31(26,27)21-11-13-22(14-12-21)32(28,29)25(17-20-6-5-15-30-20)16-18-7-9-19(23)10-8-18/h7-14,20H,3-6,15-17H2,1-2H3/t20-/m1/s1. The van der Waals surface area contributed by atoms with Crippen molar-refractivity contribution < 1.29 is 21.6 Å². The average molecular weight is 501 g/mol. The topological polar surface area (TPSA) is 84.0 Å². The summed E-state index contributed by atoms with van der Waals surface area (Å²) in [6.45, 7) is 5.23. The molecule has 0 unspecified atom stereocenters. The quantitative estimate of drug-likeness (QED) is 0.496. The molecule has 0 aromatic heterocycles. The van der Waals surface area contributed by atoms with Crippen molar-refractivity contribution in [2.45, 2.75) is 49.1 Å². The zero-order valence-corrected chi connectivity index (χ0v) is 20.7. The molecule has 2 aromatic carbocycles. The van der Waals surface area contributed by atoms with Crippen molar-refractivity contribution in [2.75, 3.05) is 26.2 Å². The lowest BCUT2D eigenvalue weighted by atomic mass is 10.2. The first-order valence-electron chi connectivity index (χ1n) is 10.6. The van der Waals surface area contributed by atoms with Crippen molar-refractivity contribution in [3.05, 3.63) is 59.1 Å². The van der Waals surface area contributed by atoms with E-state index in [-0.39, 0.29) is 29.0 Å². The maximum Gasteiger partial charge on any atom is 0.243 e. The van der Waals surface area contributed by atoms with E-state index in [0.717, 1.165) is 18.4 Å². The monoisotopic (exact) mass is 500 g/mol. The number of hydrogen-bond acceptors (Lipinski definition) is 5. The van der Waals surface area contributed by atoms with Crippen LogP contribution in [0.1, 0.15) is 32.3 Å². The van der Waals surface area contributed by atoms with Gasteiger partial charge in [0.2, 0.25) is 20.0 Å². The fourth-order valence-electron chi connectivity index (χ4n) is 3.70. The number of rotatable bonds is 10. The van der Waals surface area contributed by atoms with Crippen LogP contribution in [0.15, 0.2) is 58.3 Å². The predicted molar refractivity (Wildman–Crippen MR) is 125 cm³/mol. The molecule has 0 N–H and O–H groups in total. The van der Waals surface area contributed by atoms with E-state index in [0.29, 0.717) is 24.7 Å². The molecule has 0 amide bonds. The molecule has 32 heavy (non-hydrogen) atoms. The van der Waals surface area contributed by atoms with E-state index in [1.54, 1.807) is 38.1 Å². The summed E-state index contributed by atoms with van der Waals surface area (Å²) in [5.41, 5.74) is 0.803. The Balaban J connectivity index is 1.90. The highest BCUT2D eigenvalue weighted by Gasteiger charge is 2.30. The number of ether oxygens (including phenoxy) is 1. The van der Waals surface area contributed by atoms with Crippen LogP contribution in [-0.4, -0.2) is 57.8 Å². The highest BCUT2D eigenvalue weighted by molar-refractivity contribution is 7.89. The summed E-state index contributed by atoms with van der Waals surface area (Å²) in [4.78, 5) is 0.117. The summed E-state index contributed by atoms with van der Waals surface area (Å²) in [6, 6.07) is 12.5. The molecular formula is C22H29ClN2O5S2. The molecule has 1 aliphatic heterocycles. The van der Waals surface area contributed by atoms with E-state index in [9.17, 15) is 16.8 Å².